The third kappa shape index (κ3) is 2.95. The molecular formula is C13H17F2NO2S. The van der Waals surface area contributed by atoms with Crippen molar-refractivity contribution < 1.29 is 17.2 Å². The average Bonchev–Trinajstić information content (AvgIpc) is 2.67. The van der Waals surface area contributed by atoms with Gasteiger partial charge in [-0.1, -0.05) is 0 Å². The summed E-state index contributed by atoms with van der Waals surface area (Å²) in [6.07, 6.45) is 0.504. The van der Waals surface area contributed by atoms with Gasteiger partial charge in [0.1, 0.15) is 11.6 Å². The summed E-state index contributed by atoms with van der Waals surface area (Å²) in [5.41, 5.74) is 0.695. The SMILES string of the molecule is CNC(c1cc(C)c(F)cc1F)C1CCS(=O)(=O)C1. The first kappa shape index (κ1) is 14.4. The van der Waals surface area contributed by atoms with Crippen molar-refractivity contribution in [3.8, 4) is 0 Å². The van der Waals surface area contributed by atoms with Gasteiger partial charge >= 0.3 is 0 Å². The van der Waals surface area contributed by atoms with Gasteiger partial charge in [-0.3, -0.25) is 0 Å². The molecule has 1 saturated heterocycles. The number of hydrogen-bond donors (Lipinski definition) is 1. The summed E-state index contributed by atoms with van der Waals surface area (Å²) < 4.78 is 50.2. The van der Waals surface area contributed by atoms with Crippen molar-refractivity contribution >= 4 is 9.84 Å². The van der Waals surface area contributed by atoms with Gasteiger partial charge in [0.2, 0.25) is 0 Å². The van der Waals surface area contributed by atoms with Gasteiger partial charge in [-0.15, -0.1) is 0 Å². The molecule has 3 nitrogen and oxygen atoms in total. The lowest BCUT2D eigenvalue weighted by Gasteiger charge is -2.23. The summed E-state index contributed by atoms with van der Waals surface area (Å²) in [7, 11) is -1.37. The minimum Gasteiger partial charge on any atom is -0.313 e. The van der Waals surface area contributed by atoms with Crippen molar-refractivity contribution in [1.29, 1.82) is 0 Å². The predicted octanol–water partition coefficient (Wildman–Crippen LogP) is 1.97. The Morgan fingerprint density at radius 1 is 1.32 bits per heavy atom. The van der Waals surface area contributed by atoms with Crippen LogP contribution in [-0.4, -0.2) is 27.0 Å². The summed E-state index contributed by atoms with van der Waals surface area (Å²) in [6.45, 7) is 1.57. The van der Waals surface area contributed by atoms with Gasteiger partial charge in [0, 0.05) is 17.7 Å². The lowest BCUT2D eigenvalue weighted by atomic mass is 9.91. The number of nitrogens with one attached hydrogen (secondary N) is 1. The fourth-order valence-electron chi connectivity index (χ4n) is 2.65. The minimum atomic E-state index is -3.03. The van der Waals surface area contributed by atoms with Crippen LogP contribution in [0.4, 0.5) is 8.78 Å². The maximum Gasteiger partial charge on any atom is 0.150 e. The largest absolute Gasteiger partial charge is 0.313 e. The van der Waals surface area contributed by atoms with Gasteiger partial charge in [0.25, 0.3) is 0 Å². The molecule has 1 N–H and O–H groups in total. The van der Waals surface area contributed by atoms with Gasteiger partial charge < -0.3 is 5.32 Å². The number of sulfone groups is 1. The van der Waals surface area contributed by atoms with Gasteiger partial charge in [0.15, 0.2) is 9.84 Å². The van der Waals surface area contributed by atoms with Gasteiger partial charge in [-0.2, -0.15) is 0 Å². The van der Waals surface area contributed by atoms with Crippen LogP contribution in [0.3, 0.4) is 0 Å². The monoisotopic (exact) mass is 289 g/mol. The Labute approximate surface area is 111 Å². The quantitative estimate of drug-likeness (QED) is 0.925. The molecule has 106 valence electrons. The molecule has 0 spiro atoms. The Morgan fingerprint density at radius 3 is 2.53 bits per heavy atom. The van der Waals surface area contributed by atoms with E-state index in [0.717, 1.165) is 6.07 Å². The standard InChI is InChI=1S/C13H17F2NO2S/c1-8-5-10(12(15)6-11(8)14)13(16-2)9-3-4-19(17,18)7-9/h5-6,9,13,16H,3-4,7H2,1-2H3. The molecule has 2 rings (SSSR count). The lowest BCUT2D eigenvalue weighted by molar-refractivity contribution is 0.401. The molecule has 19 heavy (non-hydrogen) atoms. The van der Waals surface area contributed by atoms with Gasteiger partial charge in [0.05, 0.1) is 11.5 Å². The zero-order valence-corrected chi connectivity index (χ0v) is 11.7. The molecule has 2 atom stereocenters. The van der Waals surface area contributed by atoms with E-state index in [-0.39, 0.29) is 17.4 Å². The second-order valence-electron chi connectivity index (χ2n) is 5.05. The molecule has 1 aliphatic heterocycles. The lowest BCUT2D eigenvalue weighted by Crippen LogP contribution is -2.27. The molecule has 2 unspecified atom stereocenters. The maximum atomic E-state index is 13.9. The molecule has 1 aromatic carbocycles. The highest BCUT2D eigenvalue weighted by atomic mass is 32.2. The smallest absolute Gasteiger partial charge is 0.150 e. The first-order chi connectivity index (χ1) is 8.84. The number of benzene rings is 1. The highest BCUT2D eigenvalue weighted by Gasteiger charge is 2.35. The molecule has 0 aliphatic carbocycles. The Balaban J connectivity index is 2.35. The van der Waals surface area contributed by atoms with E-state index in [9.17, 15) is 17.2 Å². The summed E-state index contributed by atoms with van der Waals surface area (Å²) in [4.78, 5) is 0. The van der Waals surface area contributed by atoms with E-state index < -0.39 is 27.5 Å². The Kier molecular flexibility index (Phi) is 3.92. The normalized spacial score (nSPS) is 23.5. The maximum absolute atomic E-state index is 13.9. The average molecular weight is 289 g/mol. The molecule has 0 radical (unpaired) electrons. The van der Waals surface area contributed by atoms with E-state index in [2.05, 4.69) is 5.32 Å². The Hall–Kier alpha value is -1.01. The van der Waals surface area contributed by atoms with E-state index in [4.69, 9.17) is 0 Å². The van der Waals surface area contributed by atoms with Crippen LogP contribution in [0.5, 0.6) is 0 Å². The Bertz CT molecular complexity index is 587. The van der Waals surface area contributed by atoms with E-state index in [0.29, 0.717) is 17.5 Å². The Morgan fingerprint density at radius 2 is 2.00 bits per heavy atom. The molecule has 0 amide bonds. The fourth-order valence-corrected chi connectivity index (χ4v) is 4.49. The summed E-state index contributed by atoms with van der Waals surface area (Å²) in [5.74, 6) is -1.21. The molecule has 1 aromatic rings. The summed E-state index contributed by atoms with van der Waals surface area (Å²) in [5, 5.41) is 2.96. The molecule has 1 fully saturated rings. The zero-order valence-electron chi connectivity index (χ0n) is 10.9. The first-order valence-electron chi connectivity index (χ1n) is 6.17. The number of halogens is 2. The van der Waals surface area contributed by atoms with Crippen LogP contribution in [0.15, 0.2) is 12.1 Å². The van der Waals surface area contributed by atoms with E-state index in [1.54, 1.807) is 14.0 Å². The van der Waals surface area contributed by atoms with Crippen LogP contribution >= 0.6 is 0 Å². The van der Waals surface area contributed by atoms with Crippen molar-refractivity contribution in [2.24, 2.45) is 5.92 Å². The molecule has 6 heteroatoms. The third-order valence-electron chi connectivity index (χ3n) is 3.66. The second kappa shape index (κ2) is 5.17. The summed E-state index contributed by atoms with van der Waals surface area (Å²) in [6, 6.07) is 1.91. The zero-order chi connectivity index (χ0) is 14.2. The van der Waals surface area contributed by atoms with Crippen LogP contribution < -0.4 is 5.32 Å². The predicted molar refractivity (Wildman–Crippen MR) is 69.7 cm³/mol. The second-order valence-corrected chi connectivity index (χ2v) is 7.28. The molecule has 1 heterocycles. The van der Waals surface area contributed by atoms with Crippen molar-refractivity contribution in [1.82, 2.24) is 5.32 Å². The topological polar surface area (TPSA) is 46.2 Å². The van der Waals surface area contributed by atoms with Crippen molar-refractivity contribution in [2.45, 2.75) is 19.4 Å². The fraction of sp³-hybridized carbons (Fsp3) is 0.538. The van der Waals surface area contributed by atoms with E-state index >= 15 is 0 Å². The molecule has 0 aromatic heterocycles. The number of aryl methyl sites for hydroxylation is 1. The van der Waals surface area contributed by atoms with Crippen LogP contribution in [0.1, 0.15) is 23.6 Å². The number of rotatable bonds is 3. The summed E-state index contributed by atoms with van der Waals surface area (Å²) >= 11 is 0. The van der Waals surface area contributed by atoms with Crippen molar-refractivity contribution in [3.05, 3.63) is 34.9 Å². The van der Waals surface area contributed by atoms with Gasteiger partial charge in [-0.25, -0.2) is 17.2 Å². The van der Waals surface area contributed by atoms with Crippen LogP contribution in [0, 0.1) is 24.5 Å². The molecule has 0 saturated carbocycles. The molecule has 1 aliphatic rings. The van der Waals surface area contributed by atoms with Crippen molar-refractivity contribution in [2.75, 3.05) is 18.6 Å². The molecule has 0 bridgehead atoms. The van der Waals surface area contributed by atoms with Crippen LogP contribution in [0.25, 0.3) is 0 Å². The van der Waals surface area contributed by atoms with Crippen LogP contribution in [-0.2, 0) is 9.84 Å². The van der Waals surface area contributed by atoms with Crippen LogP contribution in [0.2, 0.25) is 0 Å². The van der Waals surface area contributed by atoms with E-state index in [1.165, 1.54) is 6.07 Å². The van der Waals surface area contributed by atoms with E-state index in [1.807, 2.05) is 0 Å². The minimum absolute atomic E-state index is 0.0500. The highest BCUT2D eigenvalue weighted by molar-refractivity contribution is 7.91. The van der Waals surface area contributed by atoms with Gasteiger partial charge in [-0.05, 0) is 37.9 Å². The first-order valence-corrected chi connectivity index (χ1v) is 7.99. The molecular weight excluding hydrogens is 272 g/mol. The van der Waals surface area contributed by atoms with Crippen molar-refractivity contribution in [3.63, 3.8) is 0 Å². The third-order valence-corrected chi connectivity index (χ3v) is 5.46. The number of hydrogen-bond acceptors (Lipinski definition) is 3. The highest BCUT2D eigenvalue weighted by Crippen LogP contribution is 2.33.